The van der Waals surface area contributed by atoms with Gasteiger partial charge in [-0.15, -0.1) is 0 Å². The van der Waals surface area contributed by atoms with Gasteiger partial charge in [-0.3, -0.25) is 9.59 Å². The first-order chi connectivity index (χ1) is 26.0. The molecule has 0 aliphatic rings. The third-order valence-corrected chi connectivity index (χ3v) is 10.8. The molecule has 0 aromatic carbocycles. The van der Waals surface area contributed by atoms with E-state index in [1.807, 2.05) is 0 Å². The molecule has 314 valence electrons. The highest BCUT2D eigenvalue weighted by Crippen LogP contribution is 2.18. The van der Waals surface area contributed by atoms with E-state index in [0.717, 1.165) is 64.2 Å². The molecule has 6 heteroatoms. The van der Waals surface area contributed by atoms with Gasteiger partial charge in [0.2, 0.25) is 5.91 Å². The highest BCUT2D eigenvalue weighted by atomic mass is 16.5. The first kappa shape index (κ1) is 51.6. The summed E-state index contributed by atoms with van der Waals surface area (Å²) in [7, 11) is 0. The lowest BCUT2D eigenvalue weighted by molar-refractivity contribution is -0.151. The van der Waals surface area contributed by atoms with Gasteiger partial charge in [-0.05, 0) is 44.9 Å². The number of carbonyl (C=O) groups is 2. The zero-order chi connectivity index (χ0) is 38.9. The quantitative estimate of drug-likeness (QED) is 0.0328. The number of unbranched alkanes of at least 4 members (excludes halogenated alkanes) is 28. The van der Waals surface area contributed by atoms with Crippen molar-refractivity contribution in [1.29, 1.82) is 0 Å². The third kappa shape index (κ3) is 37.3. The molecule has 0 saturated carbocycles. The van der Waals surface area contributed by atoms with Gasteiger partial charge >= 0.3 is 5.97 Å². The van der Waals surface area contributed by atoms with Gasteiger partial charge in [0, 0.05) is 6.42 Å². The second-order valence-electron chi connectivity index (χ2n) is 16.2. The largest absolute Gasteiger partial charge is 0.462 e. The number of amides is 1. The summed E-state index contributed by atoms with van der Waals surface area (Å²) in [4.78, 5) is 25.8. The number of hydrogen-bond donors (Lipinski definition) is 3. The SMILES string of the molecule is CCC/C=C\CCCCCC(CC(=O)NC(CO)C(O)CCCCCCCCCCCCCCCCCCC)OC(=O)CCCCCCCCCCC. The first-order valence-electron chi connectivity index (χ1n) is 23.4. The minimum Gasteiger partial charge on any atom is -0.462 e. The van der Waals surface area contributed by atoms with Crippen LogP contribution < -0.4 is 5.32 Å². The number of aliphatic hydroxyl groups excluding tert-OH is 2. The van der Waals surface area contributed by atoms with Crippen LogP contribution in [0.1, 0.15) is 252 Å². The van der Waals surface area contributed by atoms with E-state index in [2.05, 4.69) is 38.2 Å². The van der Waals surface area contributed by atoms with Crippen molar-refractivity contribution in [2.24, 2.45) is 0 Å². The molecule has 3 unspecified atom stereocenters. The Balaban J connectivity index is 4.35. The van der Waals surface area contributed by atoms with Crippen LogP contribution in [0.2, 0.25) is 0 Å². The summed E-state index contributed by atoms with van der Waals surface area (Å²) in [5.74, 6) is -0.486. The maximum absolute atomic E-state index is 13.1. The summed E-state index contributed by atoms with van der Waals surface area (Å²) < 4.78 is 5.86. The molecule has 0 rings (SSSR count). The van der Waals surface area contributed by atoms with Gasteiger partial charge in [0.05, 0.1) is 25.2 Å². The predicted molar refractivity (Wildman–Crippen MR) is 227 cm³/mol. The van der Waals surface area contributed by atoms with Crippen molar-refractivity contribution >= 4 is 11.9 Å². The van der Waals surface area contributed by atoms with Gasteiger partial charge in [-0.2, -0.15) is 0 Å². The van der Waals surface area contributed by atoms with E-state index in [1.165, 1.54) is 141 Å². The molecule has 1 amide bonds. The van der Waals surface area contributed by atoms with Crippen LogP contribution in [0.15, 0.2) is 12.2 Å². The average molecular weight is 750 g/mol. The first-order valence-corrected chi connectivity index (χ1v) is 23.4. The summed E-state index contributed by atoms with van der Waals surface area (Å²) in [5, 5.41) is 23.6. The normalized spacial score (nSPS) is 13.4. The third-order valence-electron chi connectivity index (χ3n) is 10.8. The fraction of sp³-hybridized carbons (Fsp3) is 0.915. The molecule has 0 spiro atoms. The van der Waals surface area contributed by atoms with Crippen molar-refractivity contribution in [2.75, 3.05) is 6.61 Å². The summed E-state index contributed by atoms with van der Waals surface area (Å²) in [5.41, 5.74) is 0. The standard InChI is InChI=1S/C47H91NO5/c1-4-7-10-13-16-19-20-21-22-23-24-25-26-28-30-33-36-39-45(50)44(42-49)48-46(51)41-43(38-35-32-29-18-15-12-9-6-3)53-47(52)40-37-34-31-27-17-14-11-8-5-2/h12,15,43-45,49-50H,4-11,13-14,16-42H2,1-3H3,(H,48,51)/b15-12-. The van der Waals surface area contributed by atoms with Gasteiger partial charge in [0.15, 0.2) is 0 Å². The van der Waals surface area contributed by atoms with E-state index in [4.69, 9.17) is 4.74 Å². The second kappa shape index (κ2) is 41.8. The molecule has 0 bridgehead atoms. The Labute approximate surface area is 329 Å². The van der Waals surface area contributed by atoms with Crippen LogP contribution in [-0.4, -0.2) is 46.9 Å². The van der Waals surface area contributed by atoms with Crippen LogP contribution in [-0.2, 0) is 14.3 Å². The maximum atomic E-state index is 13.1. The van der Waals surface area contributed by atoms with Crippen molar-refractivity contribution in [1.82, 2.24) is 5.32 Å². The van der Waals surface area contributed by atoms with Crippen LogP contribution in [0.5, 0.6) is 0 Å². The van der Waals surface area contributed by atoms with Crippen molar-refractivity contribution in [3.8, 4) is 0 Å². The summed E-state index contributed by atoms with van der Waals surface area (Å²) >= 11 is 0. The minimum absolute atomic E-state index is 0.0717. The highest BCUT2D eigenvalue weighted by molar-refractivity contribution is 5.77. The summed E-state index contributed by atoms with van der Waals surface area (Å²) in [6.07, 6.45) is 44.3. The average Bonchev–Trinajstić information content (AvgIpc) is 3.15. The highest BCUT2D eigenvalue weighted by Gasteiger charge is 2.24. The van der Waals surface area contributed by atoms with E-state index in [-0.39, 0.29) is 24.9 Å². The molecule has 3 N–H and O–H groups in total. The molecule has 0 aliphatic carbocycles. The Morgan fingerprint density at radius 3 is 1.42 bits per heavy atom. The topological polar surface area (TPSA) is 95.9 Å². The van der Waals surface area contributed by atoms with E-state index >= 15 is 0 Å². The lowest BCUT2D eigenvalue weighted by atomic mass is 10.0. The van der Waals surface area contributed by atoms with E-state index in [0.29, 0.717) is 19.3 Å². The van der Waals surface area contributed by atoms with Gasteiger partial charge in [-0.1, -0.05) is 206 Å². The second-order valence-corrected chi connectivity index (χ2v) is 16.2. The van der Waals surface area contributed by atoms with E-state index in [9.17, 15) is 19.8 Å². The van der Waals surface area contributed by atoms with Crippen LogP contribution in [0, 0.1) is 0 Å². The molecular formula is C47H91NO5. The molecule has 0 aromatic rings. The molecule has 0 fully saturated rings. The number of aliphatic hydroxyl groups is 2. The number of ether oxygens (including phenoxy) is 1. The van der Waals surface area contributed by atoms with Crippen molar-refractivity contribution in [3.05, 3.63) is 12.2 Å². The molecule has 0 heterocycles. The van der Waals surface area contributed by atoms with Gasteiger partial charge in [0.25, 0.3) is 0 Å². The Kier molecular flexibility index (Phi) is 40.7. The zero-order valence-corrected chi connectivity index (χ0v) is 35.7. The molecule has 0 radical (unpaired) electrons. The maximum Gasteiger partial charge on any atom is 0.306 e. The molecular weight excluding hydrogens is 659 g/mol. The summed E-state index contributed by atoms with van der Waals surface area (Å²) in [6, 6.07) is -0.697. The summed E-state index contributed by atoms with van der Waals surface area (Å²) in [6.45, 7) is 6.40. The molecule has 6 nitrogen and oxygen atoms in total. The van der Waals surface area contributed by atoms with Crippen molar-refractivity contribution < 1.29 is 24.5 Å². The van der Waals surface area contributed by atoms with E-state index in [1.54, 1.807) is 0 Å². The number of nitrogens with one attached hydrogen (secondary N) is 1. The van der Waals surface area contributed by atoms with Gasteiger partial charge in [0.1, 0.15) is 6.10 Å². The van der Waals surface area contributed by atoms with Gasteiger partial charge in [-0.25, -0.2) is 0 Å². The Hall–Kier alpha value is -1.40. The fourth-order valence-electron chi connectivity index (χ4n) is 7.26. The minimum atomic E-state index is -0.784. The van der Waals surface area contributed by atoms with Crippen LogP contribution >= 0.6 is 0 Å². The smallest absolute Gasteiger partial charge is 0.306 e. The number of allylic oxidation sites excluding steroid dienone is 2. The Morgan fingerprint density at radius 1 is 0.528 bits per heavy atom. The number of carbonyl (C=O) groups excluding carboxylic acids is 2. The van der Waals surface area contributed by atoms with Crippen LogP contribution in [0.4, 0.5) is 0 Å². The number of rotatable bonds is 42. The van der Waals surface area contributed by atoms with E-state index < -0.39 is 18.2 Å². The lowest BCUT2D eigenvalue weighted by Crippen LogP contribution is -2.46. The fourth-order valence-corrected chi connectivity index (χ4v) is 7.26. The molecule has 53 heavy (non-hydrogen) atoms. The molecule has 0 aromatic heterocycles. The lowest BCUT2D eigenvalue weighted by Gasteiger charge is -2.24. The van der Waals surface area contributed by atoms with Crippen molar-refractivity contribution in [3.63, 3.8) is 0 Å². The number of hydrogen-bond acceptors (Lipinski definition) is 5. The van der Waals surface area contributed by atoms with Crippen LogP contribution in [0.25, 0.3) is 0 Å². The van der Waals surface area contributed by atoms with Crippen molar-refractivity contribution in [2.45, 2.75) is 270 Å². The van der Waals surface area contributed by atoms with Gasteiger partial charge < -0.3 is 20.3 Å². The monoisotopic (exact) mass is 750 g/mol. The van der Waals surface area contributed by atoms with Crippen LogP contribution in [0.3, 0.4) is 0 Å². The number of esters is 1. The Morgan fingerprint density at radius 2 is 0.943 bits per heavy atom. The predicted octanol–water partition coefficient (Wildman–Crippen LogP) is 13.4. The molecule has 3 atom stereocenters. The molecule has 0 saturated heterocycles. The zero-order valence-electron chi connectivity index (χ0n) is 35.7. The Bertz CT molecular complexity index is 802. The molecule has 0 aliphatic heterocycles.